The number of hydrogen-bond acceptors (Lipinski definition) is 7. The topological polar surface area (TPSA) is 96.8 Å². The number of aromatic nitrogens is 4. The van der Waals surface area contributed by atoms with Gasteiger partial charge in [-0.1, -0.05) is 65.3 Å². The van der Waals surface area contributed by atoms with Gasteiger partial charge >= 0.3 is 0 Å². The van der Waals surface area contributed by atoms with Crippen LogP contribution in [0.3, 0.4) is 0 Å². The summed E-state index contributed by atoms with van der Waals surface area (Å²) in [4.78, 5) is 13.6. The molecular formula is C28H19Cl2N5O2S. The van der Waals surface area contributed by atoms with Crippen molar-refractivity contribution in [3.63, 3.8) is 0 Å². The predicted molar refractivity (Wildman–Crippen MR) is 149 cm³/mol. The summed E-state index contributed by atoms with van der Waals surface area (Å²) >= 11 is 14.3. The van der Waals surface area contributed by atoms with Crippen molar-refractivity contribution in [2.75, 3.05) is 6.26 Å². The van der Waals surface area contributed by atoms with E-state index in [2.05, 4.69) is 16.0 Å². The minimum atomic E-state index is 0.179. The quantitative estimate of drug-likeness (QED) is 0.126. The summed E-state index contributed by atoms with van der Waals surface area (Å²) in [6.07, 6.45) is 3.50. The Balaban J connectivity index is 1.59. The largest absolute Gasteiger partial charge is 0.489 e. The Morgan fingerprint density at radius 1 is 1.00 bits per heavy atom. The molecule has 0 saturated carbocycles. The Morgan fingerprint density at radius 3 is 2.45 bits per heavy atom. The van der Waals surface area contributed by atoms with Crippen LogP contribution in [0.5, 0.6) is 5.75 Å². The van der Waals surface area contributed by atoms with Crippen LogP contribution in [-0.4, -0.2) is 31.1 Å². The molecule has 0 amide bonds. The summed E-state index contributed by atoms with van der Waals surface area (Å²) in [5.41, 5.74) is 3.92. The molecule has 5 aromatic rings. The number of imidazole rings is 1. The zero-order valence-corrected chi connectivity index (χ0v) is 22.3. The lowest BCUT2D eigenvalue weighted by molar-refractivity contribution is 0.195. The molecule has 0 saturated heterocycles. The van der Waals surface area contributed by atoms with Crippen molar-refractivity contribution in [1.29, 1.82) is 5.26 Å². The summed E-state index contributed by atoms with van der Waals surface area (Å²) in [6, 6.07) is 23.5. The van der Waals surface area contributed by atoms with Gasteiger partial charge in [-0.25, -0.2) is 15.0 Å². The maximum Gasteiger partial charge on any atom is 0.187 e. The van der Waals surface area contributed by atoms with Gasteiger partial charge in [-0.3, -0.25) is 0 Å². The molecular weight excluding hydrogens is 541 g/mol. The van der Waals surface area contributed by atoms with Gasteiger partial charge in [0.25, 0.3) is 0 Å². The van der Waals surface area contributed by atoms with Crippen molar-refractivity contribution in [3.05, 3.63) is 100 Å². The first-order valence-electron chi connectivity index (χ1n) is 11.3. The van der Waals surface area contributed by atoms with Crippen LogP contribution in [0.2, 0.25) is 10.0 Å². The molecule has 10 heteroatoms. The van der Waals surface area contributed by atoms with Gasteiger partial charge in [0, 0.05) is 11.8 Å². The Morgan fingerprint density at radius 2 is 1.74 bits per heavy atom. The van der Waals surface area contributed by atoms with E-state index in [0.717, 1.165) is 10.3 Å². The number of hydrogen-bond donors (Lipinski definition) is 1. The molecule has 1 N–H and O–H groups in total. The average molecular weight is 560 g/mol. The lowest BCUT2D eigenvalue weighted by Gasteiger charge is -2.09. The van der Waals surface area contributed by atoms with Crippen LogP contribution in [0.15, 0.2) is 84.1 Å². The molecule has 0 aliphatic carbocycles. The molecule has 5 rings (SSSR count). The number of rotatable bonds is 7. The molecule has 0 atom stereocenters. The van der Waals surface area contributed by atoms with Gasteiger partial charge in [0.05, 0.1) is 32.9 Å². The van der Waals surface area contributed by atoms with Crippen molar-refractivity contribution in [3.8, 4) is 45.9 Å². The smallest absolute Gasteiger partial charge is 0.187 e. The van der Waals surface area contributed by atoms with Gasteiger partial charge in [-0.15, -0.1) is 0 Å². The molecule has 0 radical (unpaired) electrons. The van der Waals surface area contributed by atoms with Crippen molar-refractivity contribution < 1.29 is 9.94 Å². The summed E-state index contributed by atoms with van der Waals surface area (Å²) < 4.78 is 6.98. The van der Waals surface area contributed by atoms with Gasteiger partial charge in [0.2, 0.25) is 0 Å². The Kier molecular flexibility index (Phi) is 7.52. The van der Waals surface area contributed by atoms with Crippen LogP contribution >= 0.6 is 35.0 Å². The van der Waals surface area contributed by atoms with Crippen molar-refractivity contribution in [2.45, 2.75) is 11.8 Å². The maximum absolute atomic E-state index is 11.4. The summed E-state index contributed by atoms with van der Waals surface area (Å²) in [5, 5.41) is 21.6. The van der Waals surface area contributed by atoms with Crippen LogP contribution in [-0.2, 0) is 6.61 Å². The van der Waals surface area contributed by atoms with E-state index >= 15 is 0 Å². The molecule has 7 nitrogen and oxygen atoms in total. The third-order valence-electron chi connectivity index (χ3n) is 5.70. The van der Waals surface area contributed by atoms with Gasteiger partial charge in [-0.05, 0) is 54.3 Å². The van der Waals surface area contributed by atoms with Gasteiger partial charge in [0.15, 0.2) is 11.0 Å². The molecule has 2 heterocycles. The average Bonchev–Trinajstić information content (AvgIpc) is 3.28. The molecule has 0 aliphatic heterocycles. The Hall–Kier alpha value is -4.03. The highest BCUT2D eigenvalue weighted by molar-refractivity contribution is 7.98. The highest BCUT2D eigenvalue weighted by Gasteiger charge is 2.25. The fourth-order valence-corrected chi connectivity index (χ4v) is 4.79. The molecule has 38 heavy (non-hydrogen) atoms. The van der Waals surface area contributed by atoms with E-state index in [4.69, 9.17) is 38.2 Å². The van der Waals surface area contributed by atoms with Crippen LogP contribution < -0.4 is 4.74 Å². The van der Waals surface area contributed by atoms with E-state index in [1.807, 2.05) is 42.7 Å². The van der Waals surface area contributed by atoms with Crippen LogP contribution in [0.4, 0.5) is 0 Å². The third-order valence-corrected chi connectivity index (χ3v) is 6.89. The van der Waals surface area contributed by atoms with E-state index in [9.17, 15) is 5.21 Å². The monoisotopic (exact) mass is 559 g/mol. The fraction of sp³-hybridized carbons (Fsp3) is 0.0714. The van der Waals surface area contributed by atoms with Crippen LogP contribution in [0, 0.1) is 11.3 Å². The summed E-state index contributed by atoms with van der Waals surface area (Å²) in [5.74, 6) is 0.786. The molecule has 0 bridgehead atoms. The molecule has 0 spiro atoms. The Bertz CT molecular complexity index is 1650. The van der Waals surface area contributed by atoms with Gasteiger partial charge in [-0.2, -0.15) is 9.99 Å². The van der Waals surface area contributed by atoms with Crippen molar-refractivity contribution in [2.24, 2.45) is 0 Å². The van der Waals surface area contributed by atoms with E-state index in [1.165, 1.54) is 11.8 Å². The molecule has 0 unspecified atom stereocenters. The van der Waals surface area contributed by atoms with Crippen molar-refractivity contribution in [1.82, 2.24) is 19.7 Å². The lowest BCUT2D eigenvalue weighted by Crippen LogP contribution is -2.00. The number of nitriles is 1. The van der Waals surface area contributed by atoms with E-state index in [0.29, 0.717) is 61.3 Å². The second-order valence-electron chi connectivity index (χ2n) is 8.09. The van der Waals surface area contributed by atoms with Gasteiger partial charge < -0.3 is 9.94 Å². The zero-order valence-electron chi connectivity index (χ0n) is 20.0. The minimum Gasteiger partial charge on any atom is -0.489 e. The number of halogens is 2. The van der Waals surface area contributed by atoms with E-state index in [1.54, 1.807) is 42.6 Å². The first-order valence-corrected chi connectivity index (χ1v) is 13.3. The fourth-order valence-electron chi connectivity index (χ4n) is 3.86. The minimum absolute atomic E-state index is 0.179. The maximum atomic E-state index is 11.4. The second-order valence-corrected chi connectivity index (χ2v) is 9.68. The highest BCUT2D eigenvalue weighted by atomic mass is 35.5. The molecule has 2 aromatic heterocycles. The number of ether oxygens (including phenoxy) is 1. The molecule has 3 aromatic carbocycles. The first-order chi connectivity index (χ1) is 18.5. The number of benzene rings is 3. The third kappa shape index (κ3) is 5.18. The molecule has 188 valence electrons. The van der Waals surface area contributed by atoms with E-state index < -0.39 is 0 Å². The van der Waals surface area contributed by atoms with Crippen LogP contribution in [0.25, 0.3) is 34.0 Å². The zero-order chi connectivity index (χ0) is 26.6. The number of thioether (sulfide) groups is 1. The molecule has 0 fully saturated rings. The molecule has 0 aliphatic rings. The normalized spacial score (nSPS) is 10.8. The van der Waals surface area contributed by atoms with Crippen LogP contribution in [0.1, 0.15) is 11.1 Å². The van der Waals surface area contributed by atoms with Gasteiger partial charge in [0.1, 0.15) is 23.7 Å². The SMILES string of the molecule is CSc1nccc(-c2c(-c3cccc(OCc4ccc(C#N)cc4)c3)nc(-c3c(Cl)cccc3Cl)n2O)n1. The van der Waals surface area contributed by atoms with E-state index in [-0.39, 0.29) is 5.82 Å². The second kappa shape index (κ2) is 11.2. The standard InChI is InChI=1S/C28H19Cl2N5O2S/c1-38-28-32-13-12-23(33-28)26-25(34-27(35(26)36)24-21(29)6-3-7-22(24)30)19-4-2-5-20(14-19)37-16-18-10-8-17(15-31)9-11-18/h2-14,36H,16H2,1H3. The number of nitrogens with zero attached hydrogens (tertiary/aromatic N) is 5. The first kappa shape index (κ1) is 25.6. The summed E-state index contributed by atoms with van der Waals surface area (Å²) in [6.45, 7) is 0.319. The Labute approximate surface area is 233 Å². The van der Waals surface area contributed by atoms with Crippen molar-refractivity contribution >= 4 is 35.0 Å². The summed E-state index contributed by atoms with van der Waals surface area (Å²) in [7, 11) is 0. The predicted octanol–water partition coefficient (Wildman–Crippen LogP) is 7.39. The highest BCUT2D eigenvalue weighted by Crippen LogP contribution is 2.40. The lowest BCUT2D eigenvalue weighted by atomic mass is 10.1.